The summed E-state index contributed by atoms with van der Waals surface area (Å²) < 4.78 is 52.7. The number of hydrogen-bond acceptors (Lipinski definition) is 2. The van der Waals surface area contributed by atoms with Crippen LogP contribution in [0.2, 0.25) is 5.28 Å². The van der Waals surface area contributed by atoms with Crippen LogP contribution in [0.15, 0.2) is 18.2 Å². The fourth-order valence-corrected chi connectivity index (χ4v) is 2.04. The molecule has 0 N–H and O–H groups in total. The molecule has 0 bridgehead atoms. The third kappa shape index (κ3) is 2.77. The van der Waals surface area contributed by atoms with Crippen molar-refractivity contribution in [1.82, 2.24) is 14.8 Å². The van der Waals surface area contributed by atoms with E-state index < -0.39 is 17.6 Å². The number of aryl methyl sites for hydroxylation is 1. The van der Waals surface area contributed by atoms with Gasteiger partial charge in [0.2, 0.25) is 5.28 Å². The zero-order chi connectivity index (χ0) is 14.9. The van der Waals surface area contributed by atoms with Crippen LogP contribution in [-0.4, -0.2) is 14.8 Å². The highest BCUT2D eigenvalue weighted by Crippen LogP contribution is 2.33. The molecule has 0 fully saturated rings. The van der Waals surface area contributed by atoms with Crippen LogP contribution in [-0.2, 0) is 12.6 Å². The molecule has 0 saturated carbocycles. The summed E-state index contributed by atoms with van der Waals surface area (Å²) in [7, 11) is 0. The van der Waals surface area contributed by atoms with Crippen LogP contribution in [0, 0.1) is 5.82 Å². The molecule has 0 radical (unpaired) electrons. The minimum atomic E-state index is -4.77. The van der Waals surface area contributed by atoms with Gasteiger partial charge in [0.15, 0.2) is 0 Å². The number of rotatable bonds is 3. The molecule has 1 aromatic carbocycles. The molecule has 1 aromatic heterocycles. The molecule has 2 rings (SSSR count). The van der Waals surface area contributed by atoms with E-state index in [1.807, 2.05) is 6.92 Å². The van der Waals surface area contributed by atoms with Gasteiger partial charge < -0.3 is 0 Å². The average molecular weight is 308 g/mol. The van der Waals surface area contributed by atoms with Crippen molar-refractivity contribution in [3.8, 4) is 5.69 Å². The van der Waals surface area contributed by atoms with Gasteiger partial charge in [-0.15, -0.1) is 10.2 Å². The Morgan fingerprint density at radius 3 is 2.55 bits per heavy atom. The Hall–Kier alpha value is -1.63. The molecule has 20 heavy (non-hydrogen) atoms. The molecule has 0 saturated heterocycles. The largest absolute Gasteiger partial charge is 0.419 e. The van der Waals surface area contributed by atoms with Gasteiger partial charge in [-0.1, -0.05) is 6.92 Å². The average Bonchev–Trinajstić information content (AvgIpc) is 2.71. The summed E-state index contributed by atoms with van der Waals surface area (Å²) in [5, 5.41) is 7.37. The van der Waals surface area contributed by atoms with Crippen LogP contribution in [0.25, 0.3) is 5.69 Å². The van der Waals surface area contributed by atoms with Crippen molar-refractivity contribution in [2.45, 2.75) is 25.9 Å². The molecule has 1 heterocycles. The second-order valence-corrected chi connectivity index (χ2v) is 4.47. The van der Waals surface area contributed by atoms with E-state index in [0.717, 1.165) is 12.5 Å². The monoisotopic (exact) mass is 307 g/mol. The third-order valence-corrected chi connectivity index (χ3v) is 2.92. The van der Waals surface area contributed by atoms with E-state index in [1.54, 1.807) is 0 Å². The van der Waals surface area contributed by atoms with Gasteiger partial charge in [-0.2, -0.15) is 13.2 Å². The van der Waals surface area contributed by atoms with E-state index in [4.69, 9.17) is 11.6 Å². The maximum Gasteiger partial charge on any atom is 0.419 e. The maximum absolute atomic E-state index is 13.3. The summed E-state index contributed by atoms with van der Waals surface area (Å²) in [6, 6.07) is 2.66. The highest BCUT2D eigenvalue weighted by atomic mass is 35.5. The second kappa shape index (κ2) is 5.40. The summed E-state index contributed by atoms with van der Waals surface area (Å²) in [4.78, 5) is 0. The highest BCUT2D eigenvalue weighted by molar-refractivity contribution is 6.28. The van der Waals surface area contributed by atoms with Gasteiger partial charge in [-0.3, -0.25) is 4.57 Å². The second-order valence-electron chi connectivity index (χ2n) is 4.13. The number of alkyl halides is 3. The zero-order valence-electron chi connectivity index (χ0n) is 10.4. The lowest BCUT2D eigenvalue weighted by atomic mass is 10.1. The smallest absolute Gasteiger partial charge is 0.270 e. The van der Waals surface area contributed by atoms with Crippen molar-refractivity contribution in [2.75, 3.05) is 0 Å². The number of halogens is 5. The summed E-state index contributed by atoms with van der Waals surface area (Å²) in [5.41, 5.74) is -1.26. The predicted molar refractivity (Wildman–Crippen MR) is 65.3 cm³/mol. The lowest BCUT2D eigenvalue weighted by molar-refractivity contribution is -0.140. The topological polar surface area (TPSA) is 30.7 Å². The van der Waals surface area contributed by atoms with E-state index in [-0.39, 0.29) is 11.0 Å². The first-order chi connectivity index (χ1) is 9.34. The third-order valence-electron chi connectivity index (χ3n) is 2.68. The van der Waals surface area contributed by atoms with Crippen LogP contribution in [0.5, 0.6) is 0 Å². The number of hydrogen-bond donors (Lipinski definition) is 0. The molecule has 3 nitrogen and oxygen atoms in total. The first kappa shape index (κ1) is 14.8. The summed E-state index contributed by atoms with van der Waals surface area (Å²) in [5.74, 6) is -0.903. The van der Waals surface area contributed by atoms with Crippen molar-refractivity contribution in [3.63, 3.8) is 0 Å². The Bertz CT molecular complexity index is 622. The number of benzene rings is 1. The molecular weight excluding hydrogens is 298 g/mol. The quantitative estimate of drug-likeness (QED) is 0.802. The molecule has 108 valence electrons. The van der Waals surface area contributed by atoms with Crippen molar-refractivity contribution in [1.29, 1.82) is 0 Å². The van der Waals surface area contributed by atoms with E-state index in [2.05, 4.69) is 10.2 Å². The maximum atomic E-state index is 13.3. The van der Waals surface area contributed by atoms with E-state index in [0.29, 0.717) is 18.3 Å². The SMILES string of the molecule is CCCc1nnc(Cl)n1-c1ccc(F)c(C(F)(F)F)c1. The fourth-order valence-electron chi connectivity index (χ4n) is 1.81. The summed E-state index contributed by atoms with van der Waals surface area (Å²) in [6.07, 6.45) is -3.55. The molecular formula is C12H10ClF4N3. The van der Waals surface area contributed by atoms with Gasteiger partial charge in [0, 0.05) is 6.42 Å². The molecule has 2 aromatic rings. The first-order valence-electron chi connectivity index (χ1n) is 5.81. The van der Waals surface area contributed by atoms with Gasteiger partial charge in [0.05, 0.1) is 11.3 Å². The van der Waals surface area contributed by atoms with Gasteiger partial charge >= 0.3 is 6.18 Å². The number of aromatic nitrogens is 3. The van der Waals surface area contributed by atoms with Crippen LogP contribution in [0.1, 0.15) is 24.7 Å². The molecule has 0 aliphatic carbocycles. The molecule has 8 heteroatoms. The van der Waals surface area contributed by atoms with Crippen LogP contribution >= 0.6 is 11.6 Å². The Morgan fingerprint density at radius 1 is 1.25 bits per heavy atom. The van der Waals surface area contributed by atoms with Crippen molar-refractivity contribution < 1.29 is 17.6 Å². The lowest BCUT2D eigenvalue weighted by Crippen LogP contribution is -2.10. The minimum absolute atomic E-state index is 0.0619. The molecule has 0 spiro atoms. The first-order valence-corrected chi connectivity index (χ1v) is 6.19. The van der Waals surface area contributed by atoms with Gasteiger partial charge in [0.1, 0.15) is 11.6 Å². The van der Waals surface area contributed by atoms with Crippen molar-refractivity contribution >= 4 is 11.6 Å². The number of nitrogens with zero attached hydrogens (tertiary/aromatic N) is 3. The van der Waals surface area contributed by atoms with Crippen LogP contribution in [0.4, 0.5) is 17.6 Å². The van der Waals surface area contributed by atoms with Crippen molar-refractivity contribution in [2.24, 2.45) is 0 Å². The lowest BCUT2D eigenvalue weighted by Gasteiger charge is -2.12. The Balaban J connectivity index is 2.57. The molecule has 0 unspecified atom stereocenters. The zero-order valence-corrected chi connectivity index (χ0v) is 11.1. The van der Waals surface area contributed by atoms with Crippen LogP contribution in [0.3, 0.4) is 0 Å². The minimum Gasteiger partial charge on any atom is -0.270 e. The summed E-state index contributed by atoms with van der Waals surface area (Å²) in [6.45, 7) is 1.89. The van der Waals surface area contributed by atoms with Crippen molar-refractivity contribution in [3.05, 3.63) is 40.7 Å². The summed E-state index contributed by atoms with van der Waals surface area (Å²) >= 11 is 5.84. The van der Waals surface area contributed by atoms with Gasteiger partial charge in [0.25, 0.3) is 0 Å². The Morgan fingerprint density at radius 2 is 1.95 bits per heavy atom. The van der Waals surface area contributed by atoms with E-state index in [9.17, 15) is 17.6 Å². The van der Waals surface area contributed by atoms with Gasteiger partial charge in [-0.25, -0.2) is 4.39 Å². The molecule has 0 aliphatic heterocycles. The van der Waals surface area contributed by atoms with Crippen LogP contribution < -0.4 is 0 Å². The fraction of sp³-hybridized carbons (Fsp3) is 0.333. The molecule has 0 atom stereocenters. The molecule has 0 aliphatic rings. The normalized spacial score (nSPS) is 11.9. The predicted octanol–water partition coefficient (Wildman–Crippen LogP) is 4.03. The Labute approximate surface area is 117 Å². The van der Waals surface area contributed by atoms with E-state index in [1.165, 1.54) is 10.6 Å². The Kier molecular flexibility index (Phi) is 3.99. The standard InChI is InChI=1S/C12H10ClF4N3/c1-2-3-10-18-19-11(13)20(10)7-4-5-9(14)8(6-7)12(15,16)17/h4-6H,2-3H2,1H3. The van der Waals surface area contributed by atoms with Gasteiger partial charge in [-0.05, 0) is 36.2 Å². The van der Waals surface area contributed by atoms with E-state index >= 15 is 0 Å². The highest BCUT2D eigenvalue weighted by Gasteiger charge is 2.34. The molecule has 0 amide bonds.